The number of hydrogen-bond donors (Lipinski definition) is 0. The number of halogens is 1. The van der Waals surface area contributed by atoms with Crippen LogP contribution < -0.4 is 4.74 Å². The van der Waals surface area contributed by atoms with Crippen LogP contribution in [0.2, 0.25) is 5.02 Å². The van der Waals surface area contributed by atoms with E-state index >= 15 is 0 Å². The largest absolute Gasteiger partial charge is 0.488 e. The van der Waals surface area contributed by atoms with Crippen LogP contribution >= 0.6 is 11.6 Å². The second-order valence-electron chi connectivity index (χ2n) is 5.70. The SMILES string of the molecule is Clc1ccc(OCc2cccc3ccccc23)c(/C=N\n2cnnc2)c1. The van der Waals surface area contributed by atoms with Crippen molar-refractivity contribution in [2.45, 2.75) is 6.61 Å². The van der Waals surface area contributed by atoms with E-state index in [1.807, 2.05) is 30.3 Å². The van der Waals surface area contributed by atoms with E-state index in [1.54, 1.807) is 12.3 Å². The normalized spacial score (nSPS) is 11.3. The fraction of sp³-hybridized carbons (Fsp3) is 0.0500. The van der Waals surface area contributed by atoms with Crippen molar-refractivity contribution >= 4 is 28.6 Å². The molecule has 0 spiro atoms. The fourth-order valence-electron chi connectivity index (χ4n) is 2.71. The number of benzene rings is 3. The molecule has 26 heavy (non-hydrogen) atoms. The Balaban J connectivity index is 1.60. The van der Waals surface area contributed by atoms with Gasteiger partial charge in [-0.3, -0.25) is 0 Å². The third kappa shape index (κ3) is 3.58. The molecule has 0 saturated heterocycles. The van der Waals surface area contributed by atoms with Crippen LogP contribution in [-0.4, -0.2) is 21.1 Å². The lowest BCUT2D eigenvalue weighted by Crippen LogP contribution is -2.00. The Labute approximate surface area is 155 Å². The maximum atomic E-state index is 6.12. The minimum Gasteiger partial charge on any atom is -0.488 e. The van der Waals surface area contributed by atoms with Crippen LogP contribution in [0.3, 0.4) is 0 Å². The molecule has 0 N–H and O–H groups in total. The molecule has 5 nitrogen and oxygen atoms in total. The quantitative estimate of drug-likeness (QED) is 0.489. The first-order chi connectivity index (χ1) is 12.8. The van der Waals surface area contributed by atoms with Gasteiger partial charge in [0.2, 0.25) is 0 Å². The number of aromatic nitrogens is 3. The summed E-state index contributed by atoms with van der Waals surface area (Å²) in [5, 5.41) is 14.7. The summed E-state index contributed by atoms with van der Waals surface area (Å²) in [6, 6.07) is 19.9. The molecule has 0 aliphatic heterocycles. The molecule has 0 saturated carbocycles. The summed E-state index contributed by atoms with van der Waals surface area (Å²) in [6.07, 6.45) is 4.70. The van der Waals surface area contributed by atoms with Gasteiger partial charge in [0.1, 0.15) is 25.0 Å². The van der Waals surface area contributed by atoms with Gasteiger partial charge in [0.15, 0.2) is 0 Å². The van der Waals surface area contributed by atoms with Crippen molar-refractivity contribution in [1.29, 1.82) is 0 Å². The van der Waals surface area contributed by atoms with Gasteiger partial charge < -0.3 is 4.74 Å². The molecule has 0 aliphatic carbocycles. The van der Waals surface area contributed by atoms with Gasteiger partial charge in [-0.25, -0.2) is 4.68 Å². The van der Waals surface area contributed by atoms with E-state index in [1.165, 1.54) is 28.1 Å². The van der Waals surface area contributed by atoms with Gasteiger partial charge in [-0.05, 0) is 34.5 Å². The smallest absolute Gasteiger partial charge is 0.141 e. The number of ether oxygens (including phenoxy) is 1. The molecule has 128 valence electrons. The predicted octanol–water partition coefficient (Wildman–Crippen LogP) is 4.55. The second kappa shape index (κ2) is 7.37. The van der Waals surface area contributed by atoms with E-state index in [9.17, 15) is 0 Å². The van der Waals surface area contributed by atoms with Crippen LogP contribution in [0.1, 0.15) is 11.1 Å². The summed E-state index contributed by atoms with van der Waals surface area (Å²) in [6.45, 7) is 0.455. The highest BCUT2D eigenvalue weighted by Gasteiger charge is 2.06. The third-order valence-corrected chi connectivity index (χ3v) is 4.21. The lowest BCUT2D eigenvalue weighted by molar-refractivity contribution is 0.307. The molecular formula is C20H15ClN4O. The molecule has 6 heteroatoms. The average molecular weight is 363 g/mol. The number of nitrogens with zero attached hydrogens (tertiary/aromatic N) is 4. The van der Waals surface area contributed by atoms with E-state index in [2.05, 4.69) is 39.6 Å². The molecular weight excluding hydrogens is 348 g/mol. The van der Waals surface area contributed by atoms with Crippen molar-refractivity contribution in [2.24, 2.45) is 5.10 Å². The molecule has 4 aromatic rings. The number of fused-ring (bicyclic) bond motifs is 1. The summed E-state index contributed by atoms with van der Waals surface area (Å²) in [5.41, 5.74) is 1.91. The van der Waals surface area contributed by atoms with E-state index in [4.69, 9.17) is 16.3 Å². The predicted molar refractivity (Wildman–Crippen MR) is 103 cm³/mol. The van der Waals surface area contributed by atoms with Crippen molar-refractivity contribution in [2.75, 3.05) is 0 Å². The first-order valence-corrected chi connectivity index (χ1v) is 8.45. The lowest BCUT2D eigenvalue weighted by atomic mass is 10.1. The first-order valence-electron chi connectivity index (χ1n) is 8.07. The monoisotopic (exact) mass is 362 g/mol. The van der Waals surface area contributed by atoms with Gasteiger partial charge in [0.05, 0.1) is 6.21 Å². The Kier molecular flexibility index (Phi) is 4.62. The third-order valence-electron chi connectivity index (χ3n) is 3.97. The van der Waals surface area contributed by atoms with E-state index in [0.717, 1.165) is 11.1 Å². The van der Waals surface area contributed by atoms with Crippen molar-refractivity contribution in [1.82, 2.24) is 14.9 Å². The van der Waals surface area contributed by atoms with Crippen LogP contribution in [0.25, 0.3) is 10.8 Å². The van der Waals surface area contributed by atoms with Gasteiger partial charge in [-0.1, -0.05) is 54.1 Å². The fourth-order valence-corrected chi connectivity index (χ4v) is 2.89. The molecule has 3 aromatic carbocycles. The molecule has 1 heterocycles. The zero-order valence-electron chi connectivity index (χ0n) is 13.8. The number of hydrogen-bond acceptors (Lipinski definition) is 4. The Morgan fingerprint density at radius 1 is 1.00 bits per heavy atom. The molecule has 0 radical (unpaired) electrons. The first kappa shape index (κ1) is 16.3. The maximum Gasteiger partial charge on any atom is 0.141 e. The van der Waals surface area contributed by atoms with E-state index in [-0.39, 0.29) is 0 Å². The highest BCUT2D eigenvalue weighted by Crippen LogP contribution is 2.24. The molecule has 4 rings (SSSR count). The molecule has 0 aliphatic rings. The molecule has 0 bridgehead atoms. The maximum absolute atomic E-state index is 6.12. The Morgan fingerprint density at radius 3 is 2.69 bits per heavy atom. The summed E-state index contributed by atoms with van der Waals surface area (Å²) < 4.78 is 7.58. The molecule has 0 atom stereocenters. The van der Waals surface area contributed by atoms with Crippen LogP contribution in [0.4, 0.5) is 0 Å². The highest BCUT2D eigenvalue weighted by molar-refractivity contribution is 6.30. The van der Waals surface area contributed by atoms with Gasteiger partial charge in [-0.2, -0.15) is 5.10 Å². The number of rotatable bonds is 5. The van der Waals surface area contributed by atoms with Crippen molar-refractivity contribution in [3.8, 4) is 5.75 Å². The minimum absolute atomic E-state index is 0.455. The van der Waals surface area contributed by atoms with Crippen LogP contribution in [-0.2, 0) is 6.61 Å². The zero-order chi connectivity index (χ0) is 17.8. The molecule has 1 aromatic heterocycles. The standard InChI is InChI=1S/C20H15ClN4O/c21-18-8-9-20(17(10-18)11-24-25-13-22-23-14-25)26-12-16-6-3-5-15-4-1-2-7-19(15)16/h1-11,13-14H,12H2/b24-11-. The Bertz CT molecular complexity index is 1060. The van der Waals surface area contributed by atoms with Gasteiger partial charge in [-0.15, -0.1) is 10.2 Å². The van der Waals surface area contributed by atoms with E-state index < -0.39 is 0 Å². The van der Waals surface area contributed by atoms with Crippen LogP contribution in [0, 0.1) is 0 Å². The second-order valence-corrected chi connectivity index (χ2v) is 6.13. The van der Waals surface area contributed by atoms with E-state index in [0.29, 0.717) is 17.4 Å². The average Bonchev–Trinajstić information content (AvgIpc) is 3.19. The van der Waals surface area contributed by atoms with Gasteiger partial charge >= 0.3 is 0 Å². The summed E-state index contributed by atoms with van der Waals surface area (Å²) in [4.78, 5) is 0. The summed E-state index contributed by atoms with van der Waals surface area (Å²) >= 11 is 6.12. The Morgan fingerprint density at radius 2 is 1.81 bits per heavy atom. The van der Waals surface area contributed by atoms with Crippen molar-refractivity contribution in [3.05, 3.63) is 89.5 Å². The highest BCUT2D eigenvalue weighted by atomic mass is 35.5. The van der Waals surface area contributed by atoms with Crippen molar-refractivity contribution < 1.29 is 4.74 Å². The van der Waals surface area contributed by atoms with Gasteiger partial charge in [0.25, 0.3) is 0 Å². The van der Waals surface area contributed by atoms with Crippen LogP contribution in [0.5, 0.6) is 5.75 Å². The molecule has 0 unspecified atom stereocenters. The summed E-state index contributed by atoms with van der Waals surface area (Å²) in [5.74, 6) is 0.708. The Hall–Kier alpha value is -3.18. The van der Waals surface area contributed by atoms with Crippen molar-refractivity contribution in [3.63, 3.8) is 0 Å². The topological polar surface area (TPSA) is 52.3 Å². The minimum atomic E-state index is 0.455. The lowest BCUT2D eigenvalue weighted by Gasteiger charge is -2.11. The summed E-state index contributed by atoms with van der Waals surface area (Å²) in [7, 11) is 0. The van der Waals surface area contributed by atoms with Gasteiger partial charge in [0, 0.05) is 10.6 Å². The molecule has 0 amide bonds. The van der Waals surface area contributed by atoms with Crippen LogP contribution in [0.15, 0.2) is 78.4 Å². The zero-order valence-corrected chi connectivity index (χ0v) is 14.5. The molecule has 0 fully saturated rings.